The van der Waals surface area contributed by atoms with E-state index in [1.54, 1.807) is 0 Å². The standard InChI is InChI=1S/C13H13F3N4O4S/c14-13(15,16)2-1-3-25-8-4-7(21)10(11-18-6-19-20(8)11)12(24)17-5-9(22)23/h4,6,21H,1-3,5H2,(H,17,24)(H,22,23). The van der Waals surface area contributed by atoms with Crippen molar-refractivity contribution in [3.05, 3.63) is 18.0 Å². The van der Waals surface area contributed by atoms with E-state index >= 15 is 0 Å². The van der Waals surface area contributed by atoms with Crippen LogP contribution in [0.1, 0.15) is 23.2 Å². The number of aromatic hydroxyl groups is 1. The third-order valence-corrected chi connectivity index (χ3v) is 4.06. The number of rotatable bonds is 7. The highest BCUT2D eigenvalue weighted by Gasteiger charge is 2.26. The Morgan fingerprint density at radius 3 is 2.72 bits per heavy atom. The van der Waals surface area contributed by atoms with Crippen molar-refractivity contribution in [1.29, 1.82) is 0 Å². The molecule has 136 valence electrons. The van der Waals surface area contributed by atoms with Crippen LogP contribution in [0.15, 0.2) is 17.4 Å². The minimum absolute atomic E-state index is 0.0267. The van der Waals surface area contributed by atoms with Crippen LogP contribution in [0.3, 0.4) is 0 Å². The van der Waals surface area contributed by atoms with Gasteiger partial charge in [0, 0.05) is 12.5 Å². The topological polar surface area (TPSA) is 117 Å². The molecule has 1 amide bonds. The van der Waals surface area contributed by atoms with Gasteiger partial charge in [-0.1, -0.05) is 0 Å². The number of fused-ring (bicyclic) bond motifs is 1. The Bertz CT molecular complexity index is 793. The minimum Gasteiger partial charge on any atom is -0.507 e. The number of carboxylic acids is 1. The SMILES string of the molecule is O=C(O)CNC(=O)c1c(O)cc(SCCCC(F)(F)F)n2ncnc12. The molecule has 0 saturated heterocycles. The fourth-order valence-electron chi connectivity index (χ4n) is 1.95. The van der Waals surface area contributed by atoms with Gasteiger partial charge in [0.1, 0.15) is 29.2 Å². The number of nitrogens with one attached hydrogen (secondary N) is 1. The van der Waals surface area contributed by atoms with Gasteiger partial charge in [0.25, 0.3) is 5.91 Å². The van der Waals surface area contributed by atoms with E-state index in [4.69, 9.17) is 5.11 Å². The molecular formula is C13H13F3N4O4S. The molecule has 2 rings (SSSR count). The Labute approximate surface area is 143 Å². The van der Waals surface area contributed by atoms with Crippen LogP contribution in [0.4, 0.5) is 13.2 Å². The summed E-state index contributed by atoms with van der Waals surface area (Å²) >= 11 is 1.02. The third-order valence-electron chi connectivity index (χ3n) is 2.98. The van der Waals surface area contributed by atoms with Crippen LogP contribution in [0.5, 0.6) is 5.75 Å². The zero-order valence-corrected chi connectivity index (χ0v) is 13.4. The molecule has 0 fully saturated rings. The fraction of sp³-hybridized carbons (Fsp3) is 0.385. The Morgan fingerprint density at radius 2 is 2.08 bits per heavy atom. The zero-order valence-electron chi connectivity index (χ0n) is 12.6. The maximum atomic E-state index is 12.2. The van der Waals surface area contributed by atoms with Gasteiger partial charge >= 0.3 is 12.1 Å². The molecule has 2 heterocycles. The molecule has 0 saturated carbocycles. The van der Waals surface area contributed by atoms with Crippen molar-refractivity contribution in [3.8, 4) is 5.75 Å². The van der Waals surface area contributed by atoms with E-state index < -0.39 is 36.8 Å². The molecule has 3 N–H and O–H groups in total. The summed E-state index contributed by atoms with van der Waals surface area (Å²) in [7, 11) is 0. The van der Waals surface area contributed by atoms with E-state index in [0.29, 0.717) is 5.03 Å². The first-order valence-electron chi connectivity index (χ1n) is 6.94. The predicted molar refractivity (Wildman–Crippen MR) is 80.6 cm³/mol. The first-order valence-corrected chi connectivity index (χ1v) is 7.93. The van der Waals surface area contributed by atoms with Crippen LogP contribution in [0.25, 0.3) is 5.65 Å². The quantitative estimate of drug-likeness (QED) is 0.496. The summed E-state index contributed by atoms with van der Waals surface area (Å²) in [6.07, 6.45) is -4.17. The number of alkyl halides is 3. The van der Waals surface area contributed by atoms with E-state index in [-0.39, 0.29) is 23.4 Å². The van der Waals surface area contributed by atoms with Crippen LogP contribution < -0.4 is 5.32 Å². The summed E-state index contributed by atoms with van der Waals surface area (Å²) in [4.78, 5) is 26.4. The first-order chi connectivity index (χ1) is 11.7. The van der Waals surface area contributed by atoms with Gasteiger partial charge in [0.05, 0.1) is 0 Å². The molecule has 0 spiro atoms. The van der Waals surface area contributed by atoms with Crippen LogP contribution in [0, 0.1) is 0 Å². The number of halogens is 3. The van der Waals surface area contributed by atoms with Gasteiger partial charge in [0.15, 0.2) is 5.65 Å². The van der Waals surface area contributed by atoms with Gasteiger partial charge in [-0.05, 0) is 12.2 Å². The summed E-state index contributed by atoms with van der Waals surface area (Å²) in [6, 6.07) is 1.18. The van der Waals surface area contributed by atoms with Crippen LogP contribution in [-0.4, -0.2) is 55.2 Å². The van der Waals surface area contributed by atoms with Crippen LogP contribution in [-0.2, 0) is 4.79 Å². The van der Waals surface area contributed by atoms with E-state index in [2.05, 4.69) is 15.4 Å². The highest BCUT2D eigenvalue weighted by Crippen LogP contribution is 2.30. The van der Waals surface area contributed by atoms with Crippen molar-refractivity contribution < 1.29 is 33.0 Å². The number of amides is 1. The molecule has 8 nitrogen and oxygen atoms in total. The van der Waals surface area contributed by atoms with Crippen molar-refractivity contribution in [2.75, 3.05) is 12.3 Å². The number of hydrogen-bond donors (Lipinski definition) is 3. The summed E-state index contributed by atoms with van der Waals surface area (Å²) in [5, 5.41) is 24.9. The summed E-state index contributed by atoms with van der Waals surface area (Å²) in [5.41, 5.74) is -0.292. The monoisotopic (exact) mass is 378 g/mol. The number of carbonyl (C=O) groups excluding carboxylic acids is 1. The van der Waals surface area contributed by atoms with Crippen LogP contribution >= 0.6 is 11.8 Å². The maximum absolute atomic E-state index is 12.2. The minimum atomic E-state index is -4.24. The number of carboxylic acid groups (broad SMARTS) is 1. The smallest absolute Gasteiger partial charge is 0.389 e. The lowest BCUT2D eigenvalue weighted by molar-refractivity contribution is -0.136. The second-order valence-corrected chi connectivity index (χ2v) is 6.00. The fourth-order valence-corrected chi connectivity index (χ4v) is 2.90. The summed E-state index contributed by atoms with van der Waals surface area (Å²) in [6.45, 7) is -0.646. The lowest BCUT2D eigenvalue weighted by Crippen LogP contribution is -2.29. The van der Waals surface area contributed by atoms with Crippen molar-refractivity contribution in [1.82, 2.24) is 19.9 Å². The van der Waals surface area contributed by atoms with Crippen molar-refractivity contribution in [3.63, 3.8) is 0 Å². The average molecular weight is 378 g/mol. The normalized spacial score (nSPS) is 11.6. The van der Waals surface area contributed by atoms with Gasteiger partial charge < -0.3 is 15.5 Å². The van der Waals surface area contributed by atoms with Crippen molar-refractivity contribution >= 4 is 29.3 Å². The first kappa shape index (κ1) is 18.8. The largest absolute Gasteiger partial charge is 0.507 e. The van der Waals surface area contributed by atoms with Crippen molar-refractivity contribution in [2.45, 2.75) is 24.0 Å². The second kappa shape index (κ2) is 7.59. The van der Waals surface area contributed by atoms with E-state index in [0.717, 1.165) is 18.1 Å². The Balaban J connectivity index is 2.19. The molecule has 2 aromatic heterocycles. The molecule has 25 heavy (non-hydrogen) atoms. The molecule has 0 bridgehead atoms. The number of aromatic nitrogens is 3. The zero-order chi connectivity index (χ0) is 18.6. The maximum Gasteiger partial charge on any atom is 0.389 e. The average Bonchev–Trinajstić information content (AvgIpc) is 2.97. The number of thioether (sulfide) groups is 1. The molecule has 12 heteroatoms. The second-order valence-electron chi connectivity index (χ2n) is 4.88. The lowest BCUT2D eigenvalue weighted by Gasteiger charge is -2.10. The number of aliphatic carboxylic acids is 1. The Hall–Kier alpha value is -2.50. The van der Waals surface area contributed by atoms with Gasteiger partial charge in [-0.15, -0.1) is 11.8 Å². The van der Waals surface area contributed by atoms with E-state index in [1.165, 1.54) is 10.6 Å². The molecule has 0 aromatic carbocycles. The predicted octanol–water partition coefficient (Wildman–Crippen LogP) is 1.68. The third kappa shape index (κ3) is 4.98. The Kier molecular flexibility index (Phi) is 5.72. The van der Waals surface area contributed by atoms with Crippen LogP contribution in [0.2, 0.25) is 0 Å². The highest BCUT2D eigenvalue weighted by atomic mass is 32.2. The van der Waals surface area contributed by atoms with Gasteiger partial charge in [-0.2, -0.15) is 18.3 Å². The number of carbonyl (C=O) groups is 2. The lowest BCUT2D eigenvalue weighted by atomic mass is 10.2. The number of hydrogen-bond acceptors (Lipinski definition) is 6. The molecular weight excluding hydrogens is 365 g/mol. The molecule has 0 aliphatic carbocycles. The molecule has 0 unspecified atom stereocenters. The van der Waals surface area contributed by atoms with E-state index in [9.17, 15) is 27.9 Å². The molecule has 0 radical (unpaired) electrons. The Morgan fingerprint density at radius 1 is 1.36 bits per heavy atom. The van der Waals surface area contributed by atoms with E-state index in [1.807, 2.05) is 0 Å². The molecule has 2 aromatic rings. The number of pyridine rings is 1. The summed E-state index contributed by atoms with van der Waals surface area (Å²) in [5.74, 6) is -2.46. The summed E-state index contributed by atoms with van der Waals surface area (Å²) < 4.78 is 37.7. The number of nitrogens with zero attached hydrogens (tertiary/aromatic N) is 3. The highest BCUT2D eigenvalue weighted by molar-refractivity contribution is 7.99. The molecule has 0 aliphatic rings. The van der Waals surface area contributed by atoms with Gasteiger partial charge in [-0.3, -0.25) is 9.59 Å². The molecule has 0 aliphatic heterocycles. The molecule has 0 atom stereocenters. The van der Waals surface area contributed by atoms with Gasteiger partial charge in [-0.25, -0.2) is 9.50 Å². The van der Waals surface area contributed by atoms with Crippen molar-refractivity contribution in [2.24, 2.45) is 0 Å². The van der Waals surface area contributed by atoms with Gasteiger partial charge in [0.2, 0.25) is 0 Å².